The van der Waals surface area contributed by atoms with Crippen molar-refractivity contribution in [2.45, 2.75) is 13.5 Å². The number of aromatic nitrogens is 2. The molecule has 0 atom stereocenters. The predicted molar refractivity (Wildman–Crippen MR) is 89.8 cm³/mol. The SMILES string of the molecule is Cc1nsnc1COc1ccc(C(=O)Nc2cccc(F)c2)cc1. The van der Waals surface area contributed by atoms with Gasteiger partial charge in [-0.1, -0.05) is 6.07 Å². The summed E-state index contributed by atoms with van der Waals surface area (Å²) < 4.78 is 27.0. The zero-order valence-electron chi connectivity index (χ0n) is 12.8. The molecule has 0 radical (unpaired) electrons. The lowest BCUT2D eigenvalue weighted by molar-refractivity contribution is 0.102. The highest BCUT2D eigenvalue weighted by Crippen LogP contribution is 2.16. The van der Waals surface area contributed by atoms with Gasteiger partial charge in [0.2, 0.25) is 0 Å². The van der Waals surface area contributed by atoms with E-state index in [0.29, 0.717) is 23.6 Å². The van der Waals surface area contributed by atoms with Gasteiger partial charge in [0.15, 0.2) is 0 Å². The maximum Gasteiger partial charge on any atom is 0.255 e. The number of rotatable bonds is 5. The lowest BCUT2D eigenvalue weighted by Crippen LogP contribution is -2.11. The third-order valence-corrected chi connectivity index (χ3v) is 3.98. The molecule has 0 spiro atoms. The first-order valence-corrected chi connectivity index (χ1v) is 7.92. The van der Waals surface area contributed by atoms with Crippen LogP contribution in [0.25, 0.3) is 0 Å². The number of hydrogen-bond acceptors (Lipinski definition) is 5. The van der Waals surface area contributed by atoms with Crippen molar-refractivity contribution >= 4 is 23.3 Å². The van der Waals surface area contributed by atoms with Crippen LogP contribution in [0, 0.1) is 12.7 Å². The number of hydrogen-bond donors (Lipinski definition) is 1. The molecular formula is C17H14FN3O2S. The van der Waals surface area contributed by atoms with Crippen LogP contribution in [0.15, 0.2) is 48.5 Å². The Morgan fingerprint density at radius 2 is 2.00 bits per heavy atom. The molecule has 7 heteroatoms. The summed E-state index contributed by atoms with van der Waals surface area (Å²) in [7, 11) is 0. The van der Waals surface area contributed by atoms with Crippen LogP contribution in [0.1, 0.15) is 21.7 Å². The number of amides is 1. The zero-order chi connectivity index (χ0) is 16.9. The minimum atomic E-state index is -0.400. The van der Waals surface area contributed by atoms with Gasteiger partial charge in [0, 0.05) is 11.3 Å². The Morgan fingerprint density at radius 3 is 2.67 bits per heavy atom. The Morgan fingerprint density at radius 1 is 1.21 bits per heavy atom. The van der Waals surface area contributed by atoms with Gasteiger partial charge >= 0.3 is 0 Å². The van der Waals surface area contributed by atoms with Crippen molar-refractivity contribution in [1.29, 1.82) is 0 Å². The van der Waals surface area contributed by atoms with Crippen LogP contribution in [-0.4, -0.2) is 14.7 Å². The summed E-state index contributed by atoms with van der Waals surface area (Å²) in [6, 6.07) is 12.5. The number of carbonyl (C=O) groups is 1. The van der Waals surface area contributed by atoms with Gasteiger partial charge in [-0.05, 0) is 49.4 Å². The largest absolute Gasteiger partial charge is 0.487 e. The molecule has 0 fully saturated rings. The zero-order valence-corrected chi connectivity index (χ0v) is 13.6. The van der Waals surface area contributed by atoms with Crippen molar-refractivity contribution in [2.24, 2.45) is 0 Å². The molecule has 1 aromatic heterocycles. The average Bonchev–Trinajstić information content (AvgIpc) is 2.98. The average molecular weight is 343 g/mol. The number of halogens is 1. The highest BCUT2D eigenvalue weighted by Gasteiger charge is 2.08. The monoisotopic (exact) mass is 343 g/mol. The van der Waals surface area contributed by atoms with Crippen molar-refractivity contribution in [3.63, 3.8) is 0 Å². The van der Waals surface area contributed by atoms with Crippen LogP contribution in [0.5, 0.6) is 5.75 Å². The minimum Gasteiger partial charge on any atom is -0.487 e. The molecule has 0 aliphatic carbocycles. The third kappa shape index (κ3) is 3.94. The lowest BCUT2D eigenvalue weighted by atomic mass is 10.2. The minimum absolute atomic E-state index is 0.313. The molecule has 3 aromatic rings. The normalized spacial score (nSPS) is 10.4. The second-order valence-corrected chi connectivity index (χ2v) is 5.60. The number of benzene rings is 2. The number of nitrogens with zero attached hydrogens (tertiary/aromatic N) is 2. The standard InChI is InChI=1S/C17H14FN3O2S/c1-11-16(21-24-20-11)10-23-15-7-5-12(6-8-15)17(22)19-14-4-2-3-13(18)9-14/h2-9H,10H2,1H3,(H,19,22). The molecule has 1 N–H and O–H groups in total. The summed E-state index contributed by atoms with van der Waals surface area (Å²) in [5.74, 6) is -0.0835. The van der Waals surface area contributed by atoms with E-state index in [4.69, 9.17) is 4.74 Å². The summed E-state index contributed by atoms with van der Waals surface area (Å²) in [4.78, 5) is 12.1. The van der Waals surface area contributed by atoms with E-state index in [-0.39, 0.29) is 5.91 Å². The first-order chi connectivity index (χ1) is 11.6. The Bertz CT molecular complexity index is 849. The molecule has 5 nitrogen and oxygen atoms in total. The highest BCUT2D eigenvalue weighted by molar-refractivity contribution is 6.99. The van der Waals surface area contributed by atoms with Crippen molar-refractivity contribution < 1.29 is 13.9 Å². The molecule has 24 heavy (non-hydrogen) atoms. The highest BCUT2D eigenvalue weighted by atomic mass is 32.1. The molecule has 0 saturated carbocycles. The fourth-order valence-electron chi connectivity index (χ4n) is 2.00. The summed E-state index contributed by atoms with van der Waals surface area (Å²) in [6.45, 7) is 2.21. The van der Waals surface area contributed by atoms with Crippen molar-refractivity contribution in [3.8, 4) is 5.75 Å². The lowest BCUT2D eigenvalue weighted by Gasteiger charge is -2.07. The smallest absolute Gasteiger partial charge is 0.255 e. The van der Waals surface area contributed by atoms with Gasteiger partial charge in [-0.15, -0.1) is 0 Å². The van der Waals surface area contributed by atoms with Crippen LogP contribution >= 0.6 is 11.7 Å². The molecule has 0 saturated heterocycles. The quantitative estimate of drug-likeness (QED) is 0.765. The molecule has 0 aliphatic rings. The van der Waals surface area contributed by atoms with Crippen LogP contribution in [0.3, 0.4) is 0 Å². The second kappa shape index (κ2) is 7.18. The topological polar surface area (TPSA) is 64.1 Å². The van der Waals surface area contributed by atoms with Gasteiger partial charge in [-0.3, -0.25) is 4.79 Å². The van der Waals surface area contributed by atoms with E-state index in [1.807, 2.05) is 6.92 Å². The summed E-state index contributed by atoms with van der Waals surface area (Å²) >= 11 is 1.15. The molecule has 1 amide bonds. The van der Waals surface area contributed by atoms with E-state index in [2.05, 4.69) is 14.1 Å². The Hall–Kier alpha value is -2.80. The molecule has 0 bridgehead atoms. The van der Waals surface area contributed by atoms with Crippen LogP contribution in [0.2, 0.25) is 0 Å². The Balaban J connectivity index is 1.61. The maximum absolute atomic E-state index is 13.1. The van der Waals surface area contributed by atoms with Crippen molar-refractivity contribution in [3.05, 3.63) is 71.3 Å². The van der Waals surface area contributed by atoms with Gasteiger partial charge in [0.05, 0.1) is 17.4 Å². The summed E-state index contributed by atoms with van der Waals surface area (Å²) in [5, 5.41) is 2.64. The van der Waals surface area contributed by atoms with Gasteiger partial charge < -0.3 is 10.1 Å². The molecule has 0 aliphatic heterocycles. The van der Waals surface area contributed by atoms with Gasteiger partial charge in [0.1, 0.15) is 23.9 Å². The van der Waals surface area contributed by atoms with Gasteiger partial charge in [-0.25, -0.2) is 4.39 Å². The van der Waals surface area contributed by atoms with E-state index in [1.54, 1.807) is 30.3 Å². The van der Waals surface area contributed by atoms with Gasteiger partial charge in [0.25, 0.3) is 5.91 Å². The fourth-order valence-corrected chi connectivity index (χ4v) is 2.56. The van der Waals surface area contributed by atoms with E-state index in [9.17, 15) is 9.18 Å². The van der Waals surface area contributed by atoms with E-state index < -0.39 is 5.82 Å². The van der Waals surface area contributed by atoms with Crippen LogP contribution in [-0.2, 0) is 6.61 Å². The third-order valence-electron chi connectivity index (χ3n) is 3.32. The number of nitrogens with one attached hydrogen (secondary N) is 1. The molecule has 2 aromatic carbocycles. The van der Waals surface area contributed by atoms with Crippen molar-refractivity contribution in [1.82, 2.24) is 8.75 Å². The maximum atomic E-state index is 13.1. The number of aryl methyl sites for hydroxylation is 1. The van der Waals surface area contributed by atoms with E-state index >= 15 is 0 Å². The molecular weight excluding hydrogens is 329 g/mol. The Labute approximate surface area is 142 Å². The first kappa shape index (κ1) is 16.1. The predicted octanol–water partition coefficient (Wildman–Crippen LogP) is 3.82. The second-order valence-electron chi connectivity index (χ2n) is 5.07. The Kier molecular flexibility index (Phi) is 4.81. The molecule has 1 heterocycles. The molecule has 0 unspecified atom stereocenters. The number of carbonyl (C=O) groups excluding carboxylic acids is 1. The van der Waals surface area contributed by atoms with E-state index in [1.165, 1.54) is 18.2 Å². The number of ether oxygens (including phenoxy) is 1. The first-order valence-electron chi connectivity index (χ1n) is 7.19. The van der Waals surface area contributed by atoms with Crippen molar-refractivity contribution in [2.75, 3.05) is 5.32 Å². The van der Waals surface area contributed by atoms with E-state index in [0.717, 1.165) is 23.1 Å². The summed E-state index contributed by atoms with van der Waals surface area (Å²) in [5.41, 5.74) is 2.52. The fraction of sp³-hybridized carbons (Fsp3) is 0.118. The molecule has 3 rings (SSSR count). The number of anilines is 1. The van der Waals surface area contributed by atoms with Crippen LogP contribution < -0.4 is 10.1 Å². The van der Waals surface area contributed by atoms with Gasteiger partial charge in [-0.2, -0.15) is 8.75 Å². The van der Waals surface area contributed by atoms with Crippen LogP contribution in [0.4, 0.5) is 10.1 Å². The molecule has 122 valence electrons. The summed E-state index contributed by atoms with van der Waals surface area (Å²) in [6.07, 6.45) is 0.